The SMILES string of the molecule is CC(=O)CCN(C)CCc1cc(C)ccc1C. The summed E-state index contributed by atoms with van der Waals surface area (Å²) in [7, 11) is 2.08. The summed E-state index contributed by atoms with van der Waals surface area (Å²) < 4.78 is 0. The zero-order chi connectivity index (χ0) is 12.8. The van der Waals surface area contributed by atoms with Gasteiger partial charge in [0.25, 0.3) is 0 Å². The molecule has 0 spiro atoms. The predicted molar refractivity (Wildman–Crippen MR) is 72.4 cm³/mol. The molecule has 0 saturated carbocycles. The van der Waals surface area contributed by atoms with Crippen molar-refractivity contribution in [3.05, 3.63) is 34.9 Å². The Balaban J connectivity index is 2.44. The summed E-state index contributed by atoms with van der Waals surface area (Å²) in [5, 5.41) is 0. The van der Waals surface area contributed by atoms with Crippen LogP contribution in [0, 0.1) is 13.8 Å². The van der Waals surface area contributed by atoms with E-state index in [0.717, 1.165) is 19.5 Å². The first-order valence-corrected chi connectivity index (χ1v) is 6.23. The van der Waals surface area contributed by atoms with Gasteiger partial charge in [-0.2, -0.15) is 0 Å². The molecule has 0 aliphatic rings. The lowest BCUT2D eigenvalue weighted by molar-refractivity contribution is -0.117. The van der Waals surface area contributed by atoms with Gasteiger partial charge in [-0.3, -0.25) is 4.79 Å². The van der Waals surface area contributed by atoms with Crippen molar-refractivity contribution in [2.75, 3.05) is 20.1 Å². The number of hydrogen-bond donors (Lipinski definition) is 0. The van der Waals surface area contributed by atoms with E-state index < -0.39 is 0 Å². The van der Waals surface area contributed by atoms with E-state index in [4.69, 9.17) is 0 Å². The molecule has 0 atom stereocenters. The van der Waals surface area contributed by atoms with Gasteiger partial charge in [-0.1, -0.05) is 23.8 Å². The lowest BCUT2D eigenvalue weighted by atomic mass is 10.0. The fourth-order valence-corrected chi connectivity index (χ4v) is 1.84. The van der Waals surface area contributed by atoms with Gasteiger partial charge >= 0.3 is 0 Å². The molecule has 0 radical (unpaired) electrons. The van der Waals surface area contributed by atoms with E-state index >= 15 is 0 Å². The molecule has 0 saturated heterocycles. The van der Waals surface area contributed by atoms with Crippen LogP contribution >= 0.6 is 0 Å². The molecule has 2 nitrogen and oxygen atoms in total. The molecule has 0 bridgehead atoms. The minimum atomic E-state index is 0.267. The highest BCUT2D eigenvalue weighted by Crippen LogP contribution is 2.11. The predicted octanol–water partition coefficient (Wildman–Crippen LogP) is 2.76. The summed E-state index contributed by atoms with van der Waals surface area (Å²) >= 11 is 0. The number of hydrogen-bond acceptors (Lipinski definition) is 2. The zero-order valence-corrected chi connectivity index (χ0v) is 11.4. The number of benzene rings is 1. The van der Waals surface area contributed by atoms with Crippen molar-refractivity contribution in [1.82, 2.24) is 4.90 Å². The molecule has 0 unspecified atom stereocenters. The van der Waals surface area contributed by atoms with Gasteiger partial charge in [0.1, 0.15) is 5.78 Å². The number of carbonyl (C=O) groups excluding carboxylic acids is 1. The van der Waals surface area contributed by atoms with Crippen molar-refractivity contribution in [2.45, 2.75) is 33.6 Å². The number of aryl methyl sites for hydroxylation is 2. The fraction of sp³-hybridized carbons (Fsp3) is 0.533. The molecule has 1 aromatic carbocycles. The van der Waals surface area contributed by atoms with E-state index in [-0.39, 0.29) is 5.78 Å². The van der Waals surface area contributed by atoms with Crippen molar-refractivity contribution in [2.24, 2.45) is 0 Å². The first-order valence-electron chi connectivity index (χ1n) is 6.23. The third kappa shape index (κ3) is 5.14. The average Bonchev–Trinajstić information content (AvgIpc) is 2.27. The topological polar surface area (TPSA) is 20.3 Å². The molecular formula is C15H23NO. The van der Waals surface area contributed by atoms with Gasteiger partial charge in [0.2, 0.25) is 0 Å². The minimum absolute atomic E-state index is 0.267. The van der Waals surface area contributed by atoms with Gasteiger partial charge in [0.05, 0.1) is 0 Å². The molecular weight excluding hydrogens is 210 g/mol. The largest absolute Gasteiger partial charge is 0.306 e. The molecule has 0 N–H and O–H groups in total. The van der Waals surface area contributed by atoms with E-state index in [1.165, 1.54) is 16.7 Å². The average molecular weight is 233 g/mol. The maximum absolute atomic E-state index is 10.9. The second-order valence-corrected chi connectivity index (χ2v) is 4.94. The second-order valence-electron chi connectivity index (χ2n) is 4.94. The minimum Gasteiger partial charge on any atom is -0.306 e. The monoisotopic (exact) mass is 233 g/mol. The zero-order valence-electron chi connectivity index (χ0n) is 11.4. The van der Waals surface area contributed by atoms with Gasteiger partial charge in [-0.05, 0) is 45.4 Å². The Morgan fingerprint density at radius 3 is 2.59 bits per heavy atom. The highest BCUT2D eigenvalue weighted by molar-refractivity contribution is 5.75. The van der Waals surface area contributed by atoms with Crippen LogP contribution in [0.15, 0.2) is 18.2 Å². The molecule has 94 valence electrons. The number of likely N-dealkylation sites (N-methyl/N-ethyl adjacent to an activating group) is 1. The van der Waals surface area contributed by atoms with E-state index in [0.29, 0.717) is 6.42 Å². The summed E-state index contributed by atoms with van der Waals surface area (Å²) in [5.74, 6) is 0.267. The molecule has 0 aliphatic heterocycles. The summed E-state index contributed by atoms with van der Waals surface area (Å²) in [6.07, 6.45) is 1.71. The van der Waals surface area contributed by atoms with Crippen molar-refractivity contribution in [1.29, 1.82) is 0 Å². The van der Waals surface area contributed by atoms with Crippen LogP contribution in [0.5, 0.6) is 0 Å². The quantitative estimate of drug-likeness (QED) is 0.753. The molecule has 0 aromatic heterocycles. The molecule has 1 aromatic rings. The van der Waals surface area contributed by atoms with Crippen molar-refractivity contribution >= 4 is 5.78 Å². The Morgan fingerprint density at radius 1 is 1.24 bits per heavy atom. The lowest BCUT2D eigenvalue weighted by Crippen LogP contribution is -2.24. The number of ketones is 1. The first-order chi connectivity index (χ1) is 7.99. The normalized spacial score (nSPS) is 10.9. The Kier molecular flexibility index (Phi) is 5.36. The Morgan fingerprint density at radius 2 is 1.94 bits per heavy atom. The fourth-order valence-electron chi connectivity index (χ4n) is 1.84. The molecule has 17 heavy (non-hydrogen) atoms. The van der Waals surface area contributed by atoms with E-state index in [9.17, 15) is 4.79 Å². The van der Waals surface area contributed by atoms with Crippen LogP contribution in [0.2, 0.25) is 0 Å². The summed E-state index contributed by atoms with van der Waals surface area (Å²) in [6, 6.07) is 6.59. The number of Topliss-reactive ketones (excluding diaryl/α,β-unsaturated/α-hetero) is 1. The van der Waals surface area contributed by atoms with Gasteiger partial charge in [-0.15, -0.1) is 0 Å². The van der Waals surface area contributed by atoms with Crippen LogP contribution in [0.1, 0.15) is 30.0 Å². The number of nitrogens with zero attached hydrogens (tertiary/aromatic N) is 1. The van der Waals surface area contributed by atoms with Crippen molar-refractivity contribution < 1.29 is 4.79 Å². The highest BCUT2D eigenvalue weighted by Gasteiger charge is 2.03. The van der Waals surface area contributed by atoms with Gasteiger partial charge in [0, 0.05) is 19.5 Å². The second kappa shape index (κ2) is 6.55. The Hall–Kier alpha value is -1.15. The van der Waals surface area contributed by atoms with Crippen LogP contribution < -0.4 is 0 Å². The number of carbonyl (C=O) groups is 1. The summed E-state index contributed by atoms with van der Waals surface area (Å²) in [4.78, 5) is 13.1. The van der Waals surface area contributed by atoms with Gasteiger partial charge < -0.3 is 4.90 Å². The highest BCUT2D eigenvalue weighted by atomic mass is 16.1. The standard InChI is InChI=1S/C15H23NO/c1-12-5-6-13(2)15(11-12)8-10-16(4)9-7-14(3)17/h5-6,11H,7-10H2,1-4H3. The molecule has 0 aliphatic carbocycles. The molecule has 1 rings (SSSR count). The summed E-state index contributed by atoms with van der Waals surface area (Å²) in [5.41, 5.74) is 4.09. The first kappa shape index (κ1) is 13.9. The van der Waals surface area contributed by atoms with Crippen LogP contribution in [0.3, 0.4) is 0 Å². The van der Waals surface area contributed by atoms with Gasteiger partial charge in [0.15, 0.2) is 0 Å². The number of rotatable bonds is 6. The molecule has 0 heterocycles. The van der Waals surface area contributed by atoms with Crippen LogP contribution in [-0.4, -0.2) is 30.8 Å². The van der Waals surface area contributed by atoms with E-state index in [1.54, 1.807) is 6.92 Å². The maximum Gasteiger partial charge on any atom is 0.131 e. The molecule has 2 heteroatoms. The van der Waals surface area contributed by atoms with Crippen LogP contribution in [0.4, 0.5) is 0 Å². The van der Waals surface area contributed by atoms with Crippen LogP contribution in [0.25, 0.3) is 0 Å². The van der Waals surface area contributed by atoms with Gasteiger partial charge in [-0.25, -0.2) is 0 Å². The van der Waals surface area contributed by atoms with Crippen molar-refractivity contribution in [3.63, 3.8) is 0 Å². The third-order valence-electron chi connectivity index (χ3n) is 3.11. The van der Waals surface area contributed by atoms with Crippen LogP contribution in [-0.2, 0) is 11.2 Å². The third-order valence-corrected chi connectivity index (χ3v) is 3.11. The Bertz CT molecular complexity index is 385. The molecule has 0 amide bonds. The van der Waals surface area contributed by atoms with E-state index in [2.05, 4.69) is 44.0 Å². The summed E-state index contributed by atoms with van der Waals surface area (Å²) in [6.45, 7) is 7.81. The van der Waals surface area contributed by atoms with E-state index in [1.807, 2.05) is 0 Å². The molecule has 0 fully saturated rings. The maximum atomic E-state index is 10.9. The lowest BCUT2D eigenvalue weighted by Gasteiger charge is -2.16. The Labute approximate surface area is 105 Å². The van der Waals surface area contributed by atoms with Crippen molar-refractivity contribution in [3.8, 4) is 0 Å². The smallest absolute Gasteiger partial charge is 0.131 e.